The van der Waals surface area contributed by atoms with Crippen molar-refractivity contribution in [1.82, 2.24) is 9.88 Å². The second kappa shape index (κ2) is 9.77. The third kappa shape index (κ3) is 4.69. The highest BCUT2D eigenvalue weighted by molar-refractivity contribution is 5.97. The van der Waals surface area contributed by atoms with Crippen LogP contribution in [0, 0.1) is 0 Å². The summed E-state index contributed by atoms with van der Waals surface area (Å²) in [4.78, 5) is 31.6. The van der Waals surface area contributed by atoms with Crippen molar-refractivity contribution in [1.29, 1.82) is 0 Å². The van der Waals surface area contributed by atoms with Crippen LogP contribution in [0.3, 0.4) is 0 Å². The Hall–Kier alpha value is -3.81. The van der Waals surface area contributed by atoms with Gasteiger partial charge in [0.15, 0.2) is 18.1 Å². The Morgan fingerprint density at radius 2 is 1.82 bits per heavy atom. The number of hydrogen-bond acceptors (Lipinski definition) is 6. The molecule has 33 heavy (non-hydrogen) atoms. The fraction of sp³-hybridized carbons (Fsp3) is 0.320. The predicted octanol–water partition coefficient (Wildman–Crippen LogP) is 3.14. The Morgan fingerprint density at radius 3 is 2.52 bits per heavy atom. The molecule has 0 aliphatic carbocycles. The van der Waals surface area contributed by atoms with E-state index in [1.165, 1.54) is 14.2 Å². The molecule has 1 saturated heterocycles. The number of hydrogen-bond donors (Lipinski definition) is 1. The lowest BCUT2D eigenvalue weighted by Crippen LogP contribution is -2.42. The van der Waals surface area contributed by atoms with Gasteiger partial charge in [-0.05, 0) is 37.1 Å². The first-order valence-corrected chi connectivity index (χ1v) is 10.8. The van der Waals surface area contributed by atoms with Crippen molar-refractivity contribution in [2.45, 2.75) is 18.8 Å². The maximum Gasteiger partial charge on any atom is 0.260 e. The molecule has 1 unspecified atom stereocenters. The van der Waals surface area contributed by atoms with Gasteiger partial charge in [-0.15, -0.1) is 0 Å². The molecule has 1 aliphatic heterocycles. The van der Waals surface area contributed by atoms with E-state index >= 15 is 0 Å². The van der Waals surface area contributed by atoms with E-state index in [1.54, 1.807) is 29.2 Å². The van der Waals surface area contributed by atoms with E-state index in [0.29, 0.717) is 41.6 Å². The van der Waals surface area contributed by atoms with Crippen LogP contribution in [0.4, 0.5) is 0 Å². The smallest absolute Gasteiger partial charge is 0.260 e. The predicted molar refractivity (Wildman–Crippen MR) is 124 cm³/mol. The van der Waals surface area contributed by atoms with Crippen LogP contribution in [0.1, 0.15) is 34.8 Å². The van der Waals surface area contributed by atoms with Crippen LogP contribution in [0.2, 0.25) is 0 Å². The maximum absolute atomic E-state index is 13.0. The zero-order valence-corrected chi connectivity index (χ0v) is 18.7. The number of aromatic nitrogens is 1. The van der Waals surface area contributed by atoms with Crippen LogP contribution in [0.5, 0.6) is 17.2 Å². The first-order chi connectivity index (χ1) is 16.0. The Bertz CT molecular complexity index is 1160. The van der Waals surface area contributed by atoms with Crippen LogP contribution in [0.15, 0.2) is 48.5 Å². The van der Waals surface area contributed by atoms with Gasteiger partial charge in [0, 0.05) is 24.4 Å². The largest absolute Gasteiger partial charge is 0.493 e. The number of likely N-dealkylation sites (tertiary alicyclic amines) is 1. The van der Waals surface area contributed by atoms with Gasteiger partial charge in [0.1, 0.15) is 0 Å². The molecule has 8 nitrogen and oxygen atoms in total. The lowest BCUT2D eigenvalue weighted by molar-refractivity contribution is -0.134. The van der Waals surface area contributed by atoms with Gasteiger partial charge in [-0.3, -0.25) is 14.6 Å². The average molecular weight is 450 g/mol. The summed E-state index contributed by atoms with van der Waals surface area (Å²) >= 11 is 0. The van der Waals surface area contributed by atoms with Gasteiger partial charge < -0.3 is 24.8 Å². The van der Waals surface area contributed by atoms with E-state index in [2.05, 4.69) is 0 Å². The summed E-state index contributed by atoms with van der Waals surface area (Å²) in [5.74, 6) is 0.606. The van der Waals surface area contributed by atoms with Gasteiger partial charge in [-0.25, -0.2) is 0 Å². The van der Waals surface area contributed by atoms with Gasteiger partial charge in [-0.2, -0.15) is 0 Å². The van der Waals surface area contributed by atoms with Crippen molar-refractivity contribution in [3.05, 3.63) is 59.8 Å². The summed E-state index contributed by atoms with van der Waals surface area (Å²) in [6, 6.07) is 14.7. The zero-order valence-electron chi connectivity index (χ0n) is 18.7. The van der Waals surface area contributed by atoms with Crippen molar-refractivity contribution in [2.24, 2.45) is 5.73 Å². The van der Waals surface area contributed by atoms with Crippen LogP contribution in [-0.2, 0) is 4.79 Å². The number of rotatable bonds is 7. The highest BCUT2D eigenvalue weighted by atomic mass is 16.5. The van der Waals surface area contributed by atoms with Crippen molar-refractivity contribution in [3.63, 3.8) is 0 Å². The second-order valence-corrected chi connectivity index (χ2v) is 7.94. The minimum atomic E-state index is -0.515. The van der Waals surface area contributed by atoms with Gasteiger partial charge in [0.05, 0.1) is 31.0 Å². The SMILES string of the molecule is COc1cccc(OC)c1OCC(=O)N1CCCC(c2nc3ccccc3cc2C(N)=O)C1. The topological polar surface area (TPSA) is 104 Å². The van der Waals surface area contributed by atoms with Crippen molar-refractivity contribution < 1.29 is 23.8 Å². The first kappa shape index (κ1) is 22.4. The van der Waals surface area contributed by atoms with Gasteiger partial charge >= 0.3 is 0 Å². The first-order valence-electron chi connectivity index (χ1n) is 10.8. The number of nitrogens with zero attached hydrogens (tertiary/aromatic N) is 2. The molecule has 0 radical (unpaired) electrons. The molecule has 4 rings (SSSR count). The molecular formula is C25H27N3O5. The number of primary amides is 1. The summed E-state index contributed by atoms with van der Waals surface area (Å²) in [6.45, 7) is 0.898. The molecular weight excluding hydrogens is 422 g/mol. The molecule has 3 aromatic rings. The van der Waals surface area contributed by atoms with Gasteiger partial charge in [-0.1, -0.05) is 24.3 Å². The third-order valence-corrected chi connectivity index (χ3v) is 5.90. The molecule has 0 saturated carbocycles. The Balaban J connectivity index is 1.52. The number of carbonyl (C=O) groups is 2. The maximum atomic E-state index is 13.0. The monoisotopic (exact) mass is 449 g/mol. The number of methoxy groups -OCH3 is 2. The number of fused-ring (bicyclic) bond motifs is 1. The molecule has 1 fully saturated rings. The molecule has 8 heteroatoms. The zero-order chi connectivity index (χ0) is 23.4. The number of carbonyl (C=O) groups excluding carboxylic acids is 2. The average Bonchev–Trinajstić information content (AvgIpc) is 2.86. The molecule has 0 bridgehead atoms. The van der Waals surface area contributed by atoms with Crippen LogP contribution < -0.4 is 19.9 Å². The second-order valence-electron chi connectivity index (χ2n) is 7.94. The number of benzene rings is 2. The number of ether oxygens (including phenoxy) is 3. The minimum absolute atomic E-state index is 0.0874. The number of amides is 2. The third-order valence-electron chi connectivity index (χ3n) is 5.90. The lowest BCUT2D eigenvalue weighted by atomic mass is 9.90. The summed E-state index contributed by atoms with van der Waals surface area (Å²) in [5, 5.41) is 0.859. The number of para-hydroxylation sites is 2. The highest BCUT2D eigenvalue weighted by Crippen LogP contribution is 2.37. The van der Waals surface area contributed by atoms with E-state index in [1.807, 2.05) is 24.3 Å². The molecule has 1 aliphatic rings. The molecule has 1 aromatic heterocycles. The lowest BCUT2D eigenvalue weighted by Gasteiger charge is -2.33. The van der Waals surface area contributed by atoms with E-state index in [9.17, 15) is 9.59 Å². The standard InChI is InChI=1S/C25H27N3O5/c1-31-20-10-5-11-21(32-2)24(20)33-15-22(29)28-12-6-8-17(14-28)23-18(25(26)30)13-16-7-3-4-9-19(16)27-23/h3-5,7,9-11,13,17H,6,8,12,14-15H2,1-2H3,(H2,26,30). The van der Waals surface area contributed by atoms with E-state index in [4.69, 9.17) is 24.9 Å². The molecule has 1 atom stereocenters. The number of pyridine rings is 1. The Morgan fingerprint density at radius 1 is 1.09 bits per heavy atom. The number of nitrogens with two attached hydrogens (primary N) is 1. The molecule has 2 N–H and O–H groups in total. The fourth-order valence-corrected chi connectivity index (χ4v) is 4.25. The minimum Gasteiger partial charge on any atom is -0.493 e. The van der Waals surface area contributed by atoms with Gasteiger partial charge in [0.25, 0.3) is 11.8 Å². The normalized spacial score (nSPS) is 15.8. The summed E-state index contributed by atoms with van der Waals surface area (Å²) < 4.78 is 16.5. The molecule has 2 aromatic carbocycles. The molecule has 2 amide bonds. The van der Waals surface area contributed by atoms with Crippen LogP contribution in [-0.4, -0.2) is 55.6 Å². The Kier molecular flexibility index (Phi) is 6.63. The fourth-order valence-electron chi connectivity index (χ4n) is 4.25. The summed E-state index contributed by atoms with van der Waals surface area (Å²) in [5.41, 5.74) is 7.52. The van der Waals surface area contributed by atoms with Crippen molar-refractivity contribution in [3.8, 4) is 17.2 Å². The summed E-state index contributed by atoms with van der Waals surface area (Å²) in [7, 11) is 3.07. The van der Waals surface area contributed by atoms with Crippen LogP contribution >= 0.6 is 0 Å². The van der Waals surface area contributed by atoms with E-state index in [0.717, 1.165) is 23.7 Å². The molecule has 172 valence electrons. The van der Waals surface area contributed by atoms with Crippen molar-refractivity contribution in [2.75, 3.05) is 33.9 Å². The van der Waals surface area contributed by atoms with E-state index < -0.39 is 5.91 Å². The highest BCUT2D eigenvalue weighted by Gasteiger charge is 2.29. The molecule has 2 heterocycles. The molecule has 0 spiro atoms. The van der Waals surface area contributed by atoms with Gasteiger partial charge in [0.2, 0.25) is 5.75 Å². The Labute approximate surface area is 192 Å². The van der Waals surface area contributed by atoms with Crippen LogP contribution in [0.25, 0.3) is 10.9 Å². The van der Waals surface area contributed by atoms with Crippen molar-refractivity contribution >= 4 is 22.7 Å². The summed E-state index contributed by atoms with van der Waals surface area (Å²) in [6.07, 6.45) is 1.61. The van der Waals surface area contributed by atoms with E-state index in [-0.39, 0.29) is 18.4 Å². The number of piperidine rings is 1. The quantitative estimate of drug-likeness (QED) is 0.594.